The number of halogens is 4. The number of hydrogen-bond donors (Lipinski definition) is 1. The van der Waals surface area contributed by atoms with Crippen LogP contribution in [-0.4, -0.2) is 51.4 Å². The van der Waals surface area contributed by atoms with Gasteiger partial charge in [0, 0.05) is 42.2 Å². The molecule has 0 spiro atoms. The van der Waals surface area contributed by atoms with Crippen molar-refractivity contribution in [1.29, 1.82) is 0 Å². The zero-order valence-corrected chi connectivity index (χ0v) is 18.4. The highest BCUT2D eigenvalue weighted by molar-refractivity contribution is 6.00. The zero-order chi connectivity index (χ0) is 24.0. The van der Waals surface area contributed by atoms with Crippen LogP contribution in [0, 0.1) is 17.7 Å². The molecule has 5 rings (SSSR count). The van der Waals surface area contributed by atoms with Gasteiger partial charge in [-0.2, -0.15) is 13.2 Å². The van der Waals surface area contributed by atoms with Crippen molar-refractivity contribution in [3.8, 4) is 11.4 Å². The highest BCUT2D eigenvalue weighted by Gasteiger charge is 2.48. The summed E-state index contributed by atoms with van der Waals surface area (Å²) in [5, 5.41) is 2.72. The molecule has 1 saturated carbocycles. The van der Waals surface area contributed by atoms with E-state index in [4.69, 9.17) is 4.99 Å². The fourth-order valence-electron chi connectivity index (χ4n) is 5.17. The molecule has 4 unspecified atom stereocenters. The Morgan fingerprint density at radius 3 is 2.65 bits per heavy atom. The molecule has 178 valence electrons. The average molecular weight is 473 g/mol. The number of allylic oxidation sites excluding steroid dienone is 1. The van der Waals surface area contributed by atoms with E-state index >= 15 is 0 Å². The number of nitrogens with one attached hydrogen (secondary N) is 1. The van der Waals surface area contributed by atoms with Crippen molar-refractivity contribution in [2.75, 3.05) is 6.54 Å². The third kappa shape index (κ3) is 4.17. The molecule has 34 heavy (non-hydrogen) atoms. The first-order valence-electron chi connectivity index (χ1n) is 11.2. The Bertz CT molecular complexity index is 1160. The number of likely N-dealkylation sites (tertiary alicyclic amines) is 1. The Balaban J connectivity index is 1.40. The fraction of sp³-hybridized carbons (Fsp3) is 0.417. The summed E-state index contributed by atoms with van der Waals surface area (Å²) in [7, 11) is 0. The van der Waals surface area contributed by atoms with Crippen LogP contribution < -0.4 is 5.32 Å². The summed E-state index contributed by atoms with van der Waals surface area (Å²) in [6.45, 7) is 2.25. The Kier molecular flexibility index (Phi) is 5.61. The number of amides is 1. The lowest BCUT2D eigenvalue weighted by atomic mass is 9.96. The monoisotopic (exact) mass is 473 g/mol. The zero-order valence-electron chi connectivity index (χ0n) is 18.4. The van der Waals surface area contributed by atoms with Gasteiger partial charge in [0.2, 0.25) is 0 Å². The van der Waals surface area contributed by atoms with E-state index in [9.17, 15) is 22.4 Å². The van der Waals surface area contributed by atoms with Crippen LogP contribution in [0.25, 0.3) is 11.4 Å². The van der Waals surface area contributed by atoms with E-state index in [0.29, 0.717) is 23.8 Å². The molecule has 2 aliphatic heterocycles. The standard InChI is InChI=1S/C24H23F4N5O/c1-13-7-15(24(26,27)28)11-31-21(13)32-19-8-14-9-20(19)33(12-14)23(34)18-10-16(25)3-4-17(18)22-29-5-2-6-30-22/h2-6,10-11,13-14,19-20H,7-9,12H2,1H3,(H,31,32). The fourth-order valence-corrected chi connectivity index (χ4v) is 5.17. The second-order valence-electron chi connectivity index (χ2n) is 9.12. The van der Waals surface area contributed by atoms with E-state index in [0.717, 1.165) is 19.0 Å². The van der Waals surface area contributed by atoms with Crippen LogP contribution in [0.5, 0.6) is 0 Å². The smallest absolute Gasteiger partial charge is 0.350 e. The first-order valence-corrected chi connectivity index (χ1v) is 11.2. The van der Waals surface area contributed by atoms with Gasteiger partial charge < -0.3 is 10.2 Å². The van der Waals surface area contributed by atoms with Crippen LogP contribution in [0.1, 0.15) is 36.5 Å². The van der Waals surface area contributed by atoms with Crippen molar-refractivity contribution >= 4 is 11.7 Å². The van der Waals surface area contributed by atoms with Crippen LogP contribution in [0.4, 0.5) is 17.6 Å². The van der Waals surface area contributed by atoms with Crippen molar-refractivity contribution in [3.05, 3.63) is 59.8 Å². The number of amidine groups is 1. The normalized spacial score (nSPS) is 27.6. The number of carbonyl (C=O) groups is 1. The van der Waals surface area contributed by atoms with Crippen LogP contribution in [0.15, 0.2) is 53.4 Å². The lowest BCUT2D eigenvalue weighted by Crippen LogP contribution is -2.45. The van der Waals surface area contributed by atoms with Gasteiger partial charge in [0.1, 0.15) is 11.7 Å². The number of fused-ring (bicyclic) bond motifs is 2. The number of rotatable bonds is 3. The second-order valence-corrected chi connectivity index (χ2v) is 9.12. The quantitative estimate of drug-likeness (QED) is 0.673. The summed E-state index contributed by atoms with van der Waals surface area (Å²) < 4.78 is 53.2. The molecule has 1 aromatic carbocycles. The van der Waals surface area contributed by atoms with E-state index in [1.165, 1.54) is 18.2 Å². The number of hydrogen-bond acceptors (Lipinski definition) is 4. The van der Waals surface area contributed by atoms with E-state index in [2.05, 4.69) is 15.3 Å². The van der Waals surface area contributed by atoms with Crippen LogP contribution in [0.3, 0.4) is 0 Å². The van der Waals surface area contributed by atoms with Gasteiger partial charge in [0.25, 0.3) is 5.91 Å². The van der Waals surface area contributed by atoms with Gasteiger partial charge >= 0.3 is 6.18 Å². The second kappa shape index (κ2) is 8.48. The third-order valence-electron chi connectivity index (χ3n) is 6.78. The van der Waals surface area contributed by atoms with Crippen LogP contribution in [0.2, 0.25) is 0 Å². The summed E-state index contributed by atoms with van der Waals surface area (Å²) in [4.78, 5) is 28.4. The van der Waals surface area contributed by atoms with Crippen LogP contribution >= 0.6 is 0 Å². The van der Waals surface area contributed by atoms with Gasteiger partial charge in [-0.15, -0.1) is 0 Å². The molecule has 2 bridgehead atoms. The molecule has 1 aromatic heterocycles. The molecule has 1 N–H and O–H groups in total. The molecule has 3 heterocycles. The molecular formula is C24H23F4N5O. The molecular weight excluding hydrogens is 450 g/mol. The highest BCUT2D eigenvalue weighted by atomic mass is 19.4. The molecule has 1 aliphatic carbocycles. The van der Waals surface area contributed by atoms with Gasteiger partial charge in [0.05, 0.1) is 17.6 Å². The van der Waals surface area contributed by atoms with E-state index in [1.54, 1.807) is 30.3 Å². The maximum atomic E-state index is 14.1. The predicted octanol–water partition coefficient (Wildman–Crippen LogP) is 4.36. The van der Waals surface area contributed by atoms with Gasteiger partial charge in [-0.25, -0.2) is 14.4 Å². The summed E-state index contributed by atoms with van der Waals surface area (Å²) >= 11 is 0. The Hall–Kier alpha value is -3.30. The molecule has 10 heteroatoms. The number of benzene rings is 1. The Morgan fingerprint density at radius 1 is 1.21 bits per heavy atom. The van der Waals surface area contributed by atoms with Crippen LogP contribution in [-0.2, 0) is 0 Å². The summed E-state index contributed by atoms with van der Waals surface area (Å²) in [6, 6.07) is 5.22. The first-order chi connectivity index (χ1) is 16.2. The lowest BCUT2D eigenvalue weighted by molar-refractivity contribution is -0.0953. The first kappa shape index (κ1) is 22.5. The number of aromatic nitrogens is 2. The minimum atomic E-state index is -4.37. The molecule has 4 atom stereocenters. The third-order valence-corrected chi connectivity index (χ3v) is 6.78. The van der Waals surface area contributed by atoms with Crippen molar-refractivity contribution in [2.45, 2.75) is 44.4 Å². The van der Waals surface area contributed by atoms with Gasteiger partial charge in [0.15, 0.2) is 5.82 Å². The molecule has 1 saturated heterocycles. The Morgan fingerprint density at radius 2 is 1.97 bits per heavy atom. The maximum absolute atomic E-state index is 14.1. The molecule has 3 aliphatic rings. The molecule has 2 aromatic rings. The Labute approximate surface area is 193 Å². The number of aliphatic imine (C=N–C) groups is 1. The SMILES string of the molecule is CC1CC(C(F)(F)F)=CNC1=NC1CC2CC1N(C(=O)c1cc(F)ccc1-c1ncccn1)C2. The number of nitrogens with zero attached hydrogens (tertiary/aromatic N) is 4. The van der Waals surface area contributed by atoms with Crippen molar-refractivity contribution < 1.29 is 22.4 Å². The van der Waals surface area contributed by atoms with Gasteiger partial charge in [-0.1, -0.05) is 6.92 Å². The molecule has 0 radical (unpaired) electrons. The summed E-state index contributed by atoms with van der Waals surface area (Å²) in [6.07, 6.45) is 1.11. The summed E-state index contributed by atoms with van der Waals surface area (Å²) in [5.74, 6) is -0.176. The average Bonchev–Trinajstić information content (AvgIpc) is 3.40. The predicted molar refractivity (Wildman–Crippen MR) is 117 cm³/mol. The number of carbonyl (C=O) groups excluding carboxylic acids is 1. The van der Waals surface area contributed by atoms with Crippen molar-refractivity contribution in [3.63, 3.8) is 0 Å². The maximum Gasteiger partial charge on any atom is 0.414 e. The minimum Gasteiger partial charge on any atom is -0.350 e. The van der Waals surface area contributed by atoms with E-state index in [-0.39, 0.29) is 35.9 Å². The van der Waals surface area contributed by atoms with E-state index < -0.39 is 23.5 Å². The topological polar surface area (TPSA) is 70.5 Å². The lowest BCUT2D eigenvalue weighted by Gasteiger charge is -2.33. The molecule has 1 amide bonds. The molecule has 6 nitrogen and oxygen atoms in total. The van der Waals surface area contributed by atoms with E-state index in [1.807, 2.05) is 0 Å². The highest BCUT2D eigenvalue weighted by Crippen LogP contribution is 2.41. The van der Waals surface area contributed by atoms with Crippen molar-refractivity contribution in [2.24, 2.45) is 16.8 Å². The van der Waals surface area contributed by atoms with Gasteiger partial charge in [-0.3, -0.25) is 9.79 Å². The summed E-state index contributed by atoms with van der Waals surface area (Å²) in [5.41, 5.74) is 0.0301. The number of piperidine rings is 1. The van der Waals surface area contributed by atoms with Crippen molar-refractivity contribution in [1.82, 2.24) is 20.2 Å². The molecule has 2 fully saturated rings. The number of alkyl halides is 3. The van der Waals surface area contributed by atoms with Gasteiger partial charge in [-0.05, 0) is 49.4 Å². The minimum absolute atomic E-state index is 0.136. The largest absolute Gasteiger partial charge is 0.414 e.